The van der Waals surface area contributed by atoms with Crippen LogP contribution < -0.4 is 10.2 Å². The molecule has 1 atom stereocenters. The third kappa shape index (κ3) is 2.88. The number of nitrogens with one attached hydrogen (secondary N) is 1. The Labute approximate surface area is 159 Å². The Balaban J connectivity index is 1.67. The summed E-state index contributed by atoms with van der Waals surface area (Å²) < 4.78 is 0.905. The number of carbonyl (C=O) groups is 2. The van der Waals surface area contributed by atoms with E-state index in [1.807, 2.05) is 36.4 Å². The molecular formula is C21H17BrN2O2. The highest BCUT2D eigenvalue weighted by molar-refractivity contribution is 9.10. The molecule has 5 heteroatoms. The molecule has 3 aromatic rings. The molecule has 1 aliphatic rings. The van der Waals surface area contributed by atoms with Gasteiger partial charge in [0.05, 0.1) is 0 Å². The number of nitrogens with zero attached hydrogens (tertiary/aromatic N) is 1. The number of likely N-dealkylation sites (N-methyl/N-ethyl adjacent to an activating group) is 1. The predicted molar refractivity (Wildman–Crippen MR) is 106 cm³/mol. The predicted octanol–water partition coefficient (Wildman–Crippen LogP) is 3.92. The molecule has 4 nitrogen and oxygen atoms in total. The minimum absolute atomic E-state index is 0.0988. The van der Waals surface area contributed by atoms with Crippen molar-refractivity contribution >= 4 is 44.2 Å². The molecule has 0 radical (unpaired) electrons. The molecule has 0 aromatic heterocycles. The molecule has 0 spiro atoms. The van der Waals surface area contributed by atoms with E-state index in [1.165, 1.54) is 0 Å². The highest BCUT2D eigenvalue weighted by atomic mass is 79.9. The summed E-state index contributed by atoms with van der Waals surface area (Å²) in [6.45, 7) is 0. The molecule has 4 rings (SSSR count). The van der Waals surface area contributed by atoms with Crippen LogP contribution in [0.4, 0.5) is 5.69 Å². The van der Waals surface area contributed by atoms with Crippen molar-refractivity contribution in [2.75, 3.05) is 11.9 Å². The van der Waals surface area contributed by atoms with E-state index >= 15 is 0 Å². The van der Waals surface area contributed by atoms with Gasteiger partial charge in [0.2, 0.25) is 5.91 Å². The first kappa shape index (κ1) is 16.8. The zero-order valence-corrected chi connectivity index (χ0v) is 15.8. The van der Waals surface area contributed by atoms with Crippen LogP contribution in [0.5, 0.6) is 0 Å². The summed E-state index contributed by atoms with van der Waals surface area (Å²) in [5.74, 6) is -0.342. The van der Waals surface area contributed by atoms with Gasteiger partial charge in [-0.05, 0) is 46.7 Å². The Morgan fingerprint density at radius 1 is 1.08 bits per heavy atom. The van der Waals surface area contributed by atoms with Gasteiger partial charge in [-0.25, -0.2) is 0 Å². The average Bonchev–Trinajstić information content (AvgIpc) is 2.66. The maximum atomic E-state index is 12.7. The molecule has 1 N–H and O–H groups in total. The molecule has 0 bridgehead atoms. The van der Waals surface area contributed by atoms with E-state index in [0.717, 1.165) is 26.5 Å². The number of benzene rings is 3. The molecule has 1 aliphatic heterocycles. The van der Waals surface area contributed by atoms with E-state index in [2.05, 4.69) is 33.4 Å². The Morgan fingerprint density at radius 2 is 1.81 bits per heavy atom. The summed E-state index contributed by atoms with van der Waals surface area (Å²) in [5, 5.41) is 5.14. The van der Waals surface area contributed by atoms with E-state index in [-0.39, 0.29) is 11.8 Å². The molecule has 2 amide bonds. The first-order valence-corrected chi connectivity index (χ1v) is 9.18. The van der Waals surface area contributed by atoms with Crippen molar-refractivity contribution in [2.24, 2.45) is 0 Å². The lowest BCUT2D eigenvalue weighted by Gasteiger charge is -2.32. The SMILES string of the molecule is CN1C(=O)C(NC(=O)c2ccc(Br)cc2)Cc2c1ccc1ccccc21. The van der Waals surface area contributed by atoms with Gasteiger partial charge in [0.15, 0.2) is 0 Å². The van der Waals surface area contributed by atoms with Crippen LogP contribution in [0.15, 0.2) is 65.1 Å². The molecule has 26 heavy (non-hydrogen) atoms. The van der Waals surface area contributed by atoms with E-state index in [9.17, 15) is 9.59 Å². The highest BCUT2D eigenvalue weighted by Crippen LogP contribution is 2.33. The Bertz CT molecular complexity index is 1010. The maximum absolute atomic E-state index is 12.7. The van der Waals surface area contributed by atoms with Gasteiger partial charge in [0.25, 0.3) is 5.91 Å². The van der Waals surface area contributed by atoms with Crippen molar-refractivity contribution in [3.05, 3.63) is 76.3 Å². The van der Waals surface area contributed by atoms with E-state index in [0.29, 0.717) is 12.0 Å². The second kappa shape index (κ2) is 6.57. The largest absolute Gasteiger partial charge is 0.340 e. The standard InChI is InChI=1S/C21H17BrN2O2/c1-24-19-11-8-13-4-2-3-5-16(13)17(19)12-18(21(24)26)23-20(25)14-6-9-15(22)10-7-14/h2-11,18H,12H2,1H3,(H,23,25). The van der Waals surface area contributed by atoms with Crippen molar-refractivity contribution in [2.45, 2.75) is 12.5 Å². The molecule has 0 fully saturated rings. The number of halogens is 1. The van der Waals surface area contributed by atoms with Crippen LogP contribution in [0, 0.1) is 0 Å². The normalized spacial score (nSPS) is 16.5. The number of anilines is 1. The number of hydrogen-bond acceptors (Lipinski definition) is 2. The van der Waals surface area contributed by atoms with Crippen LogP contribution >= 0.6 is 15.9 Å². The van der Waals surface area contributed by atoms with Crippen LogP contribution in [0.3, 0.4) is 0 Å². The van der Waals surface area contributed by atoms with Crippen molar-refractivity contribution in [1.29, 1.82) is 0 Å². The lowest BCUT2D eigenvalue weighted by molar-refractivity contribution is -0.120. The number of hydrogen-bond donors (Lipinski definition) is 1. The third-order valence-electron chi connectivity index (χ3n) is 4.83. The number of amides is 2. The van der Waals surface area contributed by atoms with Crippen molar-refractivity contribution in [3.8, 4) is 0 Å². The summed E-state index contributed by atoms with van der Waals surface area (Å²) >= 11 is 3.36. The van der Waals surface area contributed by atoms with Gasteiger partial charge in [-0.3, -0.25) is 9.59 Å². The fourth-order valence-corrected chi connectivity index (χ4v) is 3.72. The molecule has 0 aliphatic carbocycles. The highest BCUT2D eigenvalue weighted by Gasteiger charge is 2.32. The topological polar surface area (TPSA) is 49.4 Å². The second-order valence-corrected chi connectivity index (χ2v) is 7.33. The monoisotopic (exact) mass is 408 g/mol. The van der Waals surface area contributed by atoms with Crippen molar-refractivity contribution < 1.29 is 9.59 Å². The van der Waals surface area contributed by atoms with E-state index in [4.69, 9.17) is 0 Å². The smallest absolute Gasteiger partial charge is 0.251 e. The van der Waals surface area contributed by atoms with Crippen LogP contribution in [-0.2, 0) is 11.2 Å². The molecule has 3 aromatic carbocycles. The molecule has 130 valence electrons. The number of fused-ring (bicyclic) bond motifs is 3. The van der Waals surface area contributed by atoms with Gasteiger partial charge in [-0.1, -0.05) is 46.3 Å². The molecule has 0 saturated heterocycles. The quantitative estimate of drug-likeness (QED) is 0.698. The zero-order chi connectivity index (χ0) is 18.3. The first-order valence-electron chi connectivity index (χ1n) is 8.39. The van der Waals surface area contributed by atoms with Crippen LogP contribution in [0.25, 0.3) is 10.8 Å². The third-order valence-corrected chi connectivity index (χ3v) is 5.35. The summed E-state index contributed by atoms with van der Waals surface area (Å²) in [7, 11) is 1.76. The van der Waals surface area contributed by atoms with Crippen molar-refractivity contribution in [1.82, 2.24) is 5.32 Å². The van der Waals surface area contributed by atoms with Crippen molar-refractivity contribution in [3.63, 3.8) is 0 Å². The van der Waals surface area contributed by atoms with Crippen LogP contribution in [0.2, 0.25) is 0 Å². The average molecular weight is 409 g/mol. The fraction of sp³-hybridized carbons (Fsp3) is 0.143. The molecule has 1 heterocycles. The summed E-state index contributed by atoms with van der Waals surface area (Å²) in [6.07, 6.45) is 0.488. The van der Waals surface area contributed by atoms with Gasteiger partial charge < -0.3 is 10.2 Å². The summed E-state index contributed by atoms with van der Waals surface area (Å²) in [5.41, 5.74) is 2.53. The molecule has 0 saturated carbocycles. The number of carbonyl (C=O) groups excluding carboxylic acids is 2. The Hall–Kier alpha value is -2.66. The van der Waals surface area contributed by atoms with Gasteiger partial charge >= 0.3 is 0 Å². The maximum Gasteiger partial charge on any atom is 0.251 e. The van der Waals surface area contributed by atoms with Crippen LogP contribution in [-0.4, -0.2) is 24.9 Å². The summed E-state index contributed by atoms with van der Waals surface area (Å²) in [4.78, 5) is 26.9. The lowest BCUT2D eigenvalue weighted by Crippen LogP contribution is -2.51. The van der Waals surface area contributed by atoms with Gasteiger partial charge in [0.1, 0.15) is 6.04 Å². The molecule has 1 unspecified atom stereocenters. The number of rotatable bonds is 2. The fourth-order valence-electron chi connectivity index (χ4n) is 3.45. The first-order chi connectivity index (χ1) is 12.5. The Kier molecular flexibility index (Phi) is 4.24. The second-order valence-electron chi connectivity index (χ2n) is 6.42. The molecular weight excluding hydrogens is 392 g/mol. The minimum atomic E-state index is -0.575. The van der Waals surface area contributed by atoms with Gasteiger partial charge in [-0.2, -0.15) is 0 Å². The summed E-state index contributed by atoms with van der Waals surface area (Å²) in [6, 6.07) is 18.6. The Morgan fingerprint density at radius 3 is 2.58 bits per heavy atom. The minimum Gasteiger partial charge on any atom is -0.340 e. The lowest BCUT2D eigenvalue weighted by atomic mass is 9.92. The van der Waals surface area contributed by atoms with E-state index in [1.54, 1.807) is 24.1 Å². The van der Waals surface area contributed by atoms with E-state index < -0.39 is 6.04 Å². The zero-order valence-electron chi connectivity index (χ0n) is 14.2. The van der Waals surface area contributed by atoms with Crippen LogP contribution in [0.1, 0.15) is 15.9 Å². The van der Waals surface area contributed by atoms with Gasteiger partial charge in [-0.15, -0.1) is 0 Å². The van der Waals surface area contributed by atoms with Gasteiger partial charge in [0, 0.05) is 29.2 Å².